The fourth-order valence-corrected chi connectivity index (χ4v) is 1.33. The number of carbonyl (C=O) groups excluding carboxylic acids is 2. The molecule has 0 aromatic heterocycles. The van der Waals surface area contributed by atoms with Crippen molar-refractivity contribution in [2.75, 3.05) is 7.11 Å². The molecule has 1 aromatic carbocycles. The molecule has 0 radical (unpaired) electrons. The van der Waals surface area contributed by atoms with Crippen molar-refractivity contribution in [3.63, 3.8) is 0 Å². The number of benzene rings is 1. The highest BCUT2D eigenvalue weighted by atomic mass is 16.5. The highest BCUT2D eigenvalue weighted by Gasteiger charge is 2.15. The summed E-state index contributed by atoms with van der Waals surface area (Å²) in [4.78, 5) is 25.0. The first-order chi connectivity index (χ1) is 7.67. The molecule has 0 aliphatic rings. The summed E-state index contributed by atoms with van der Waals surface area (Å²) in [7, 11) is 1.30. The van der Waals surface area contributed by atoms with Gasteiger partial charge in [0, 0.05) is 0 Å². The highest BCUT2D eigenvalue weighted by Crippen LogP contribution is 2.21. The zero-order valence-electron chi connectivity index (χ0n) is 9.27. The Kier molecular flexibility index (Phi) is 4.42. The molecule has 4 nitrogen and oxygen atoms in total. The Bertz CT molecular complexity index is 405. The van der Waals surface area contributed by atoms with Crippen LogP contribution >= 0.6 is 0 Å². The maximum atomic E-state index is 11.1. The van der Waals surface area contributed by atoms with Gasteiger partial charge in [-0.05, 0) is 12.5 Å². The normalized spacial score (nSPS) is 11.4. The Labute approximate surface area is 94.0 Å². The third-order valence-corrected chi connectivity index (χ3v) is 2.26. The number of hydrogen-bond acceptors (Lipinski definition) is 4. The summed E-state index contributed by atoms with van der Waals surface area (Å²) in [5, 5.41) is 0. The van der Waals surface area contributed by atoms with Crippen LogP contribution in [0.2, 0.25) is 0 Å². The van der Waals surface area contributed by atoms with Gasteiger partial charge in [0.05, 0.1) is 19.6 Å². The van der Waals surface area contributed by atoms with E-state index in [0.717, 1.165) is 11.1 Å². The zero-order chi connectivity index (χ0) is 12.0. The van der Waals surface area contributed by atoms with Crippen LogP contribution in [0.25, 0.3) is 0 Å². The molecule has 0 bridgehead atoms. The maximum Gasteiger partial charge on any atom is 0.308 e. The van der Waals surface area contributed by atoms with Gasteiger partial charge < -0.3 is 4.74 Å². The molecule has 0 aliphatic heterocycles. The molecular weight excluding hydrogens is 206 g/mol. The molecule has 0 spiro atoms. The van der Waals surface area contributed by atoms with Crippen LogP contribution in [0.5, 0.6) is 0 Å². The van der Waals surface area contributed by atoms with E-state index < -0.39 is 12.0 Å². The van der Waals surface area contributed by atoms with Crippen molar-refractivity contribution < 1.29 is 14.3 Å². The first kappa shape index (κ1) is 12.1. The van der Waals surface area contributed by atoms with Gasteiger partial charge in [-0.15, -0.1) is 0 Å². The SMILES string of the molecule is COC(=O)CC(N=C=O)c1ccc(C)cc1. The van der Waals surface area contributed by atoms with E-state index in [-0.39, 0.29) is 6.42 Å². The summed E-state index contributed by atoms with van der Waals surface area (Å²) in [6.45, 7) is 1.96. The minimum absolute atomic E-state index is 0.0504. The predicted molar refractivity (Wildman–Crippen MR) is 58.7 cm³/mol. The number of nitrogens with zero attached hydrogens (tertiary/aromatic N) is 1. The lowest BCUT2D eigenvalue weighted by molar-refractivity contribution is -0.141. The predicted octanol–water partition coefficient (Wildman–Crippen LogP) is 1.94. The number of aliphatic imine (C=N–C) groups is 1. The largest absolute Gasteiger partial charge is 0.469 e. The van der Waals surface area contributed by atoms with Crippen molar-refractivity contribution in [3.05, 3.63) is 35.4 Å². The third kappa shape index (κ3) is 3.33. The Morgan fingerprint density at radius 1 is 1.44 bits per heavy atom. The number of ether oxygens (including phenoxy) is 1. The van der Waals surface area contributed by atoms with E-state index in [4.69, 9.17) is 0 Å². The molecule has 0 N–H and O–H groups in total. The molecule has 0 saturated carbocycles. The van der Waals surface area contributed by atoms with Gasteiger partial charge in [-0.3, -0.25) is 4.79 Å². The van der Waals surface area contributed by atoms with Gasteiger partial charge in [0.25, 0.3) is 0 Å². The third-order valence-electron chi connectivity index (χ3n) is 2.26. The van der Waals surface area contributed by atoms with Crippen LogP contribution in [0.1, 0.15) is 23.6 Å². The molecule has 1 aromatic rings. The first-order valence-electron chi connectivity index (χ1n) is 4.87. The van der Waals surface area contributed by atoms with E-state index >= 15 is 0 Å². The lowest BCUT2D eigenvalue weighted by atomic mass is 10.0. The molecule has 1 unspecified atom stereocenters. The maximum absolute atomic E-state index is 11.1. The second kappa shape index (κ2) is 5.83. The van der Waals surface area contributed by atoms with E-state index in [1.807, 2.05) is 31.2 Å². The van der Waals surface area contributed by atoms with Gasteiger partial charge in [-0.25, -0.2) is 4.79 Å². The fourth-order valence-electron chi connectivity index (χ4n) is 1.33. The van der Waals surface area contributed by atoms with Gasteiger partial charge in [0.2, 0.25) is 6.08 Å². The summed E-state index contributed by atoms with van der Waals surface area (Å²) in [6.07, 6.45) is 1.53. The number of esters is 1. The summed E-state index contributed by atoms with van der Waals surface area (Å²) >= 11 is 0. The van der Waals surface area contributed by atoms with E-state index in [2.05, 4.69) is 9.73 Å². The summed E-state index contributed by atoms with van der Waals surface area (Å²) < 4.78 is 4.54. The van der Waals surface area contributed by atoms with Gasteiger partial charge >= 0.3 is 5.97 Å². The molecule has 0 heterocycles. The number of isocyanates is 1. The minimum Gasteiger partial charge on any atom is -0.469 e. The van der Waals surface area contributed by atoms with Crippen molar-refractivity contribution in [2.24, 2.45) is 4.99 Å². The molecule has 0 saturated heterocycles. The quantitative estimate of drug-likeness (QED) is 0.441. The standard InChI is InChI=1S/C12H13NO3/c1-9-3-5-10(6-4-9)11(13-8-14)7-12(15)16-2/h3-6,11H,7H2,1-2H3. The fraction of sp³-hybridized carbons (Fsp3) is 0.333. The molecule has 0 aliphatic carbocycles. The van der Waals surface area contributed by atoms with Crippen molar-refractivity contribution >= 4 is 12.0 Å². The monoisotopic (exact) mass is 219 g/mol. The molecule has 84 valence electrons. The van der Waals surface area contributed by atoms with E-state index in [1.54, 1.807) is 0 Å². The Morgan fingerprint density at radius 3 is 2.56 bits per heavy atom. The zero-order valence-corrected chi connectivity index (χ0v) is 9.27. The lowest BCUT2D eigenvalue weighted by Gasteiger charge is -2.09. The molecule has 0 fully saturated rings. The summed E-state index contributed by atoms with van der Waals surface area (Å²) in [6, 6.07) is 6.97. The van der Waals surface area contributed by atoms with Crippen LogP contribution in [0, 0.1) is 6.92 Å². The number of hydrogen-bond donors (Lipinski definition) is 0. The average molecular weight is 219 g/mol. The van der Waals surface area contributed by atoms with Crippen LogP contribution < -0.4 is 0 Å². The van der Waals surface area contributed by atoms with Gasteiger partial charge in [0.1, 0.15) is 0 Å². The van der Waals surface area contributed by atoms with Crippen molar-refractivity contribution in [2.45, 2.75) is 19.4 Å². The van der Waals surface area contributed by atoms with E-state index in [1.165, 1.54) is 13.2 Å². The van der Waals surface area contributed by atoms with Crippen LogP contribution in [0.15, 0.2) is 29.3 Å². The summed E-state index contributed by atoms with van der Waals surface area (Å²) in [5.41, 5.74) is 1.91. The molecule has 1 atom stereocenters. The molecule has 16 heavy (non-hydrogen) atoms. The van der Waals surface area contributed by atoms with Crippen LogP contribution in [-0.4, -0.2) is 19.2 Å². The number of methoxy groups -OCH3 is 1. The van der Waals surface area contributed by atoms with Crippen LogP contribution in [-0.2, 0) is 14.3 Å². The van der Waals surface area contributed by atoms with Crippen molar-refractivity contribution in [1.29, 1.82) is 0 Å². The Morgan fingerprint density at radius 2 is 2.06 bits per heavy atom. The van der Waals surface area contributed by atoms with E-state index in [9.17, 15) is 9.59 Å². The van der Waals surface area contributed by atoms with Gasteiger partial charge in [-0.2, -0.15) is 4.99 Å². The Hall–Kier alpha value is -1.93. The van der Waals surface area contributed by atoms with Gasteiger partial charge in [-0.1, -0.05) is 29.8 Å². The number of aryl methyl sites for hydroxylation is 1. The second-order valence-corrected chi connectivity index (χ2v) is 3.43. The minimum atomic E-state index is -0.509. The first-order valence-corrected chi connectivity index (χ1v) is 4.87. The number of carbonyl (C=O) groups is 1. The molecule has 0 amide bonds. The average Bonchev–Trinajstić information content (AvgIpc) is 2.29. The van der Waals surface area contributed by atoms with Gasteiger partial charge in [0.15, 0.2) is 0 Å². The lowest BCUT2D eigenvalue weighted by Crippen LogP contribution is -2.07. The topological polar surface area (TPSA) is 55.7 Å². The van der Waals surface area contributed by atoms with E-state index in [0.29, 0.717) is 0 Å². The smallest absolute Gasteiger partial charge is 0.308 e. The number of rotatable bonds is 4. The summed E-state index contributed by atoms with van der Waals surface area (Å²) in [5.74, 6) is -0.399. The second-order valence-electron chi connectivity index (χ2n) is 3.43. The molecule has 4 heteroatoms. The molecular formula is C12H13NO3. The highest BCUT2D eigenvalue weighted by molar-refractivity contribution is 5.70. The molecule has 1 rings (SSSR count). The van der Waals surface area contributed by atoms with Crippen molar-refractivity contribution in [1.82, 2.24) is 0 Å². The van der Waals surface area contributed by atoms with Crippen molar-refractivity contribution in [3.8, 4) is 0 Å². The van der Waals surface area contributed by atoms with Crippen LogP contribution in [0.3, 0.4) is 0 Å². The van der Waals surface area contributed by atoms with Crippen LogP contribution in [0.4, 0.5) is 0 Å². The Balaban J connectivity index is 2.89.